The van der Waals surface area contributed by atoms with Crippen molar-refractivity contribution in [3.8, 4) is 5.75 Å². The van der Waals surface area contributed by atoms with Gasteiger partial charge >= 0.3 is 0 Å². The number of rotatable bonds is 5. The fourth-order valence-electron chi connectivity index (χ4n) is 4.40. The van der Waals surface area contributed by atoms with Gasteiger partial charge in [0.15, 0.2) is 0 Å². The van der Waals surface area contributed by atoms with Crippen molar-refractivity contribution in [2.75, 3.05) is 13.1 Å². The number of carbonyl (C=O) groups is 1. The topological polar surface area (TPSA) is 54.5 Å². The van der Waals surface area contributed by atoms with Crippen LogP contribution in [0.1, 0.15) is 62.7 Å². The molecule has 1 saturated heterocycles. The maximum atomic E-state index is 12.7. The standard InChI is InChI=1S/C24H33N3O2S/c1-16-13-19-14-17(5-6-20(19)29-16)15-27-10-7-18(8-11-27)21(22-25-9-12-30-22)26-23(28)24(2,3)4/h5-6,9,12,14,16,18,21H,7-8,10-11,13,15H2,1-4H3,(H,26,28)/t16-,21+/m1/s1. The van der Waals surface area contributed by atoms with Crippen LogP contribution in [-0.2, 0) is 17.8 Å². The monoisotopic (exact) mass is 427 g/mol. The molecule has 2 atom stereocenters. The molecule has 1 fully saturated rings. The third-order valence-electron chi connectivity index (χ3n) is 6.16. The van der Waals surface area contributed by atoms with E-state index in [4.69, 9.17) is 4.74 Å². The van der Waals surface area contributed by atoms with Gasteiger partial charge in [0.25, 0.3) is 0 Å². The Labute approximate surface area is 183 Å². The van der Waals surface area contributed by atoms with Gasteiger partial charge in [0.1, 0.15) is 16.9 Å². The normalized spacial score (nSPS) is 21.1. The van der Waals surface area contributed by atoms with Gasteiger partial charge < -0.3 is 10.1 Å². The van der Waals surface area contributed by atoms with Crippen LogP contribution in [0.2, 0.25) is 0 Å². The summed E-state index contributed by atoms with van der Waals surface area (Å²) in [6.45, 7) is 11.1. The van der Waals surface area contributed by atoms with Gasteiger partial charge in [-0.05, 0) is 56.0 Å². The van der Waals surface area contributed by atoms with Crippen LogP contribution < -0.4 is 10.1 Å². The first-order chi connectivity index (χ1) is 14.3. The van der Waals surface area contributed by atoms with Crippen LogP contribution in [0.15, 0.2) is 29.8 Å². The van der Waals surface area contributed by atoms with Crippen molar-refractivity contribution < 1.29 is 9.53 Å². The average Bonchev–Trinajstić information content (AvgIpc) is 3.34. The largest absolute Gasteiger partial charge is 0.490 e. The van der Waals surface area contributed by atoms with Crippen molar-refractivity contribution >= 4 is 17.2 Å². The van der Waals surface area contributed by atoms with Crippen molar-refractivity contribution in [1.29, 1.82) is 0 Å². The lowest BCUT2D eigenvalue weighted by Crippen LogP contribution is -2.43. The van der Waals surface area contributed by atoms with Crippen LogP contribution in [0.25, 0.3) is 0 Å². The quantitative estimate of drug-likeness (QED) is 0.759. The van der Waals surface area contributed by atoms with Gasteiger partial charge in [-0.3, -0.25) is 9.69 Å². The molecule has 1 N–H and O–H groups in total. The number of benzene rings is 1. The highest BCUT2D eigenvalue weighted by Gasteiger charge is 2.33. The number of fused-ring (bicyclic) bond motifs is 1. The van der Waals surface area contributed by atoms with E-state index >= 15 is 0 Å². The molecule has 30 heavy (non-hydrogen) atoms. The van der Waals surface area contributed by atoms with Crippen LogP contribution in [0.3, 0.4) is 0 Å². The number of piperidine rings is 1. The SMILES string of the molecule is C[C@@H]1Cc2cc(CN3CCC([C@H](NC(=O)C(C)(C)C)c4nccs4)CC3)ccc2O1. The Kier molecular flexibility index (Phi) is 6.16. The molecule has 3 heterocycles. The first-order valence-electron chi connectivity index (χ1n) is 11.0. The Balaban J connectivity index is 1.37. The first kappa shape index (κ1) is 21.3. The second-order valence-corrected chi connectivity index (χ2v) is 10.7. The van der Waals surface area contributed by atoms with E-state index in [1.807, 2.05) is 32.3 Å². The number of nitrogens with zero attached hydrogens (tertiary/aromatic N) is 2. The van der Waals surface area contributed by atoms with Crippen LogP contribution in [0.5, 0.6) is 5.75 Å². The van der Waals surface area contributed by atoms with Gasteiger partial charge in [-0.2, -0.15) is 0 Å². The summed E-state index contributed by atoms with van der Waals surface area (Å²) in [6.07, 6.45) is 5.27. The van der Waals surface area contributed by atoms with E-state index in [0.29, 0.717) is 5.92 Å². The predicted octanol–water partition coefficient (Wildman–Crippen LogP) is 4.58. The predicted molar refractivity (Wildman–Crippen MR) is 121 cm³/mol. The summed E-state index contributed by atoms with van der Waals surface area (Å²) in [5.74, 6) is 1.57. The van der Waals surface area contributed by atoms with Crippen molar-refractivity contribution in [2.45, 2.75) is 65.6 Å². The number of amides is 1. The molecule has 1 amide bonds. The molecule has 162 valence electrons. The third-order valence-corrected chi connectivity index (χ3v) is 7.01. The highest BCUT2D eigenvalue weighted by atomic mass is 32.1. The molecule has 0 saturated carbocycles. The summed E-state index contributed by atoms with van der Waals surface area (Å²) in [6, 6.07) is 6.65. The van der Waals surface area contributed by atoms with Crippen molar-refractivity contribution in [3.63, 3.8) is 0 Å². The molecule has 0 bridgehead atoms. The smallest absolute Gasteiger partial charge is 0.225 e. The lowest BCUT2D eigenvalue weighted by atomic mass is 9.87. The number of carbonyl (C=O) groups excluding carboxylic acids is 1. The van der Waals surface area contributed by atoms with E-state index in [-0.39, 0.29) is 18.1 Å². The summed E-state index contributed by atoms with van der Waals surface area (Å²) in [5, 5.41) is 6.33. The van der Waals surface area contributed by atoms with Gasteiger partial charge in [-0.25, -0.2) is 4.98 Å². The molecule has 1 aromatic heterocycles. The maximum absolute atomic E-state index is 12.7. The zero-order chi connectivity index (χ0) is 21.3. The van der Waals surface area contributed by atoms with E-state index in [0.717, 1.165) is 49.7 Å². The van der Waals surface area contributed by atoms with E-state index in [9.17, 15) is 4.79 Å². The minimum atomic E-state index is -0.398. The number of nitrogens with one attached hydrogen (secondary N) is 1. The van der Waals surface area contributed by atoms with E-state index in [1.54, 1.807) is 11.3 Å². The van der Waals surface area contributed by atoms with E-state index in [2.05, 4.69) is 40.3 Å². The maximum Gasteiger partial charge on any atom is 0.225 e. The van der Waals surface area contributed by atoms with Crippen LogP contribution in [0.4, 0.5) is 0 Å². The fourth-order valence-corrected chi connectivity index (χ4v) is 5.18. The Morgan fingerprint density at radius 3 is 2.77 bits per heavy atom. The van der Waals surface area contributed by atoms with Gasteiger partial charge in [0, 0.05) is 30.0 Å². The van der Waals surface area contributed by atoms with E-state index < -0.39 is 5.41 Å². The molecular formula is C24H33N3O2S. The number of thiazole rings is 1. The van der Waals surface area contributed by atoms with E-state index in [1.165, 1.54) is 11.1 Å². The molecule has 0 radical (unpaired) electrons. The highest BCUT2D eigenvalue weighted by molar-refractivity contribution is 7.09. The minimum Gasteiger partial charge on any atom is -0.490 e. The Morgan fingerprint density at radius 2 is 2.10 bits per heavy atom. The summed E-state index contributed by atoms with van der Waals surface area (Å²) < 4.78 is 5.83. The van der Waals surface area contributed by atoms with Crippen LogP contribution in [-0.4, -0.2) is 35.0 Å². The zero-order valence-corrected chi connectivity index (χ0v) is 19.3. The zero-order valence-electron chi connectivity index (χ0n) is 18.5. The number of ether oxygens (including phenoxy) is 1. The van der Waals surface area contributed by atoms with Crippen LogP contribution >= 0.6 is 11.3 Å². The molecule has 2 aliphatic heterocycles. The van der Waals surface area contributed by atoms with Gasteiger partial charge in [0.2, 0.25) is 5.91 Å². The number of hydrogen-bond acceptors (Lipinski definition) is 5. The molecule has 0 unspecified atom stereocenters. The number of hydrogen-bond donors (Lipinski definition) is 1. The minimum absolute atomic E-state index is 0.0116. The molecule has 5 nitrogen and oxygen atoms in total. The average molecular weight is 428 g/mol. The molecule has 2 aromatic rings. The second-order valence-electron chi connectivity index (χ2n) is 9.76. The molecule has 6 heteroatoms. The van der Waals surface area contributed by atoms with Gasteiger partial charge in [-0.1, -0.05) is 32.9 Å². The van der Waals surface area contributed by atoms with Crippen molar-refractivity contribution in [2.24, 2.45) is 11.3 Å². The van der Waals surface area contributed by atoms with Crippen molar-refractivity contribution in [1.82, 2.24) is 15.2 Å². The van der Waals surface area contributed by atoms with Crippen LogP contribution in [0, 0.1) is 11.3 Å². The third kappa shape index (κ3) is 4.86. The van der Waals surface area contributed by atoms with Crippen molar-refractivity contribution in [3.05, 3.63) is 45.9 Å². The Morgan fingerprint density at radius 1 is 1.33 bits per heavy atom. The summed E-state index contributed by atoms with van der Waals surface area (Å²) in [5.41, 5.74) is 2.30. The first-order valence-corrected chi connectivity index (χ1v) is 11.9. The molecule has 0 aliphatic carbocycles. The highest BCUT2D eigenvalue weighted by Crippen LogP contribution is 2.34. The molecular weight excluding hydrogens is 394 g/mol. The van der Waals surface area contributed by atoms with Gasteiger partial charge in [-0.15, -0.1) is 11.3 Å². The Hall–Kier alpha value is -1.92. The summed E-state index contributed by atoms with van der Waals surface area (Å²) >= 11 is 1.64. The lowest BCUT2D eigenvalue weighted by Gasteiger charge is -2.36. The lowest BCUT2D eigenvalue weighted by molar-refractivity contribution is -0.129. The molecule has 2 aliphatic rings. The summed E-state index contributed by atoms with van der Waals surface area (Å²) in [7, 11) is 0. The molecule has 0 spiro atoms. The fraction of sp³-hybridized carbons (Fsp3) is 0.583. The van der Waals surface area contributed by atoms with Gasteiger partial charge in [0.05, 0.1) is 6.04 Å². The number of likely N-dealkylation sites (tertiary alicyclic amines) is 1. The molecule has 4 rings (SSSR count). The number of aromatic nitrogens is 1. The Bertz CT molecular complexity index is 867. The summed E-state index contributed by atoms with van der Waals surface area (Å²) in [4.78, 5) is 19.7. The second kappa shape index (κ2) is 8.67. The molecule has 1 aromatic carbocycles.